The fourth-order valence-electron chi connectivity index (χ4n) is 0.394. The highest BCUT2D eigenvalue weighted by molar-refractivity contribution is 9.10. The predicted molar refractivity (Wildman–Crippen MR) is 43.5 cm³/mol. The van der Waals surface area contributed by atoms with Gasteiger partial charge in [-0.25, -0.2) is 4.98 Å². The fourth-order valence-corrected chi connectivity index (χ4v) is 0.971. The molecule has 0 fully saturated rings. The van der Waals surface area contributed by atoms with Crippen LogP contribution < -0.4 is 4.74 Å². The van der Waals surface area contributed by atoms with Crippen LogP contribution in [0.3, 0.4) is 0 Å². The lowest BCUT2D eigenvalue weighted by Crippen LogP contribution is -1.87. The second-order valence-electron chi connectivity index (χ2n) is 1.38. The molecule has 0 aliphatic heterocycles. The molecule has 1 aromatic heterocycles. The molecule has 0 unspecified atom stereocenters. The zero-order valence-corrected chi connectivity index (χ0v) is 6.95. The molecule has 0 amide bonds. The highest BCUT2D eigenvalue weighted by Gasteiger charge is 1.99. The Morgan fingerprint density at radius 3 is 3.50 bits per heavy atom. The van der Waals surface area contributed by atoms with Gasteiger partial charge < -0.3 is 4.74 Å². The SMILES string of the molecule is [2H]c1nc(OC([2H])([2H])[2H])c(Cl)c([2H])c1Br. The monoisotopic (exact) mass is 226 g/mol. The van der Waals surface area contributed by atoms with Gasteiger partial charge in [-0.2, -0.15) is 0 Å². The molecule has 0 N–H and O–H groups in total. The van der Waals surface area contributed by atoms with Crippen LogP contribution in [0.4, 0.5) is 0 Å². The van der Waals surface area contributed by atoms with E-state index in [0.717, 1.165) is 0 Å². The quantitative estimate of drug-likeness (QED) is 0.735. The molecule has 0 aliphatic rings. The molecule has 1 aromatic rings. The van der Waals surface area contributed by atoms with Gasteiger partial charge in [0, 0.05) is 10.6 Å². The Balaban J connectivity index is 3.21. The molecule has 0 saturated heterocycles. The lowest BCUT2D eigenvalue weighted by atomic mass is 10.5. The Morgan fingerprint density at radius 2 is 2.80 bits per heavy atom. The van der Waals surface area contributed by atoms with Crippen molar-refractivity contribution in [2.45, 2.75) is 0 Å². The number of hydrogen-bond acceptors (Lipinski definition) is 2. The molecule has 1 heterocycles. The summed E-state index contributed by atoms with van der Waals surface area (Å²) in [6.45, 7) is 0. The molecule has 0 saturated carbocycles. The second kappa shape index (κ2) is 3.21. The third-order valence-corrected chi connectivity index (χ3v) is 1.39. The minimum atomic E-state index is -2.71. The number of hydrogen-bond donors (Lipinski definition) is 0. The Morgan fingerprint density at radius 1 is 2.00 bits per heavy atom. The first-order valence-corrected chi connectivity index (χ1v) is 3.40. The van der Waals surface area contributed by atoms with Crippen LogP contribution in [0, 0.1) is 0 Å². The van der Waals surface area contributed by atoms with Gasteiger partial charge in [0.1, 0.15) is 5.02 Å². The summed E-state index contributed by atoms with van der Waals surface area (Å²) in [4.78, 5) is 3.50. The standard InChI is InChI=1S/C6H5BrClNO/c1-10-6-5(8)2-4(7)3-9-6/h2-3H,1H3/i1D3,2D,3D. The Kier molecular flexibility index (Phi) is 1.10. The summed E-state index contributed by atoms with van der Waals surface area (Å²) in [6.07, 6.45) is -0.302. The van der Waals surface area contributed by atoms with Crippen LogP contribution in [0.2, 0.25) is 5.02 Å². The Bertz CT molecular complexity index is 396. The summed E-state index contributed by atoms with van der Waals surface area (Å²) in [5, 5.41) is -0.242. The van der Waals surface area contributed by atoms with Crippen LogP contribution >= 0.6 is 27.5 Å². The Labute approximate surface area is 79.3 Å². The summed E-state index contributed by atoms with van der Waals surface area (Å²) in [5.41, 5.74) is 0. The minimum absolute atomic E-state index is 0.0883. The lowest BCUT2D eigenvalue weighted by molar-refractivity contribution is 0.398. The summed E-state index contributed by atoms with van der Waals surface area (Å²) >= 11 is 8.56. The maximum Gasteiger partial charge on any atom is 0.232 e. The van der Waals surface area contributed by atoms with Gasteiger partial charge in [0.15, 0.2) is 0 Å². The van der Waals surface area contributed by atoms with E-state index in [1.165, 1.54) is 0 Å². The zero-order valence-electron chi connectivity index (χ0n) is 9.61. The molecule has 0 aliphatic carbocycles. The average Bonchev–Trinajstić information content (AvgIpc) is 2.08. The van der Waals surface area contributed by atoms with E-state index in [1.807, 2.05) is 0 Å². The van der Waals surface area contributed by atoms with Gasteiger partial charge >= 0.3 is 0 Å². The van der Waals surface area contributed by atoms with Crippen molar-refractivity contribution in [2.24, 2.45) is 0 Å². The molecule has 0 spiro atoms. The normalized spacial score (nSPS) is 18.0. The Hall–Kier alpha value is -0.280. The molecule has 54 valence electrons. The molecule has 2 nitrogen and oxygen atoms in total. The van der Waals surface area contributed by atoms with Crippen LogP contribution in [0.1, 0.15) is 6.85 Å². The van der Waals surface area contributed by atoms with Crippen molar-refractivity contribution in [2.75, 3.05) is 7.04 Å². The number of rotatable bonds is 1. The predicted octanol–water partition coefficient (Wildman–Crippen LogP) is 2.51. The van der Waals surface area contributed by atoms with Crippen molar-refractivity contribution in [3.05, 3.63) is 21.7 Å². The van der Waals surface area contributed by atoms with Crippen LogP contribution in [-0.4, -0.2) is 12.0 Å². The summed E-state index contributed by atoms with van der Waals surface area (Å²) in [5.74, 6) is -0.435. The van der Waals surface area contributed by atoms with E-state index < -0.39 is 12.9 Å². The smallest absolute Gasteiger partial charge is 0.232 e. The maximum absolute atomic E-state index is 7.43. The largest absolute Gasteiger partial charge is 0.480 e. The highest BCUT2D eigenvalue weighted by atomic mass is 79.9. The number of nitrogens with zero attached hydrogens (tertiary/aromatic N) is 1. The summed E-state index contributed by atoms with van der Waals surface area (Å²) in [6, 6.07) is -0.226. The van der Waals surface area contributed by atoms with Gasteiger partial charge in [-0.05, 0) is 22.0 Å². The van der Waals surface area contributed by atoms with Crippen molar-refractivity contribution in [1.29, 1.82) is 0 Å². The topological polar surface area (TPSA) is 22.1 Å². The van der Waals surface area contributed by atoms with E-state index in [4.69, 9.17) is 18.5 Å². The van der Waals surface area contributed by atoms with Crippen LogP contribution in [0.25, 0.3) is 0 Å². The van der Waals surface area contributed by atoms with Crippen molar-refractivity contribution in [3.8, 4) is 5.88 Å². The van der Waals surface area contributed by atoms with Gasteiger partial charge in [0.05, 0.1) is 13.9 Å². The van der Waals surface area contributed by atoms with E-state index >= 15 is 0 Å². The number of halogens is 2. The molecule has 0 aromatic carbocycles. The van der Waals surface area contributed by atoms with Gasteiger partial charge in [-0.1, -0.05) is 11.6 Å². The third kappa shape index (κ3) is 1.61. The molecular weight excluding hydrogens is 217 g/mol. The van der Waals surface area contributed by atoms with Crippen molar-refractivity contribution < 1.29 is 11.6 Å². The zero-order chi connectivity index (χ0) is 11.8. The number of ether oxygens (including phenoxy) is 1. The minimum Gasteiger partial charge on any atom is -0.480 e. The van der Waals surface area contributed by atoms with Crippen molar-refractivity contribution in [3.63, 3.8) is 0 Å². The number of pyridine rings is 1. The van der Waals surface area contributed by atoms with E-state index in [2.05, 4.69) is 25.7 Å². The molecule has 0 bridgehead atoms. The number of methoxy groups -OCH3 is 1. The van der Waals surface area contributed by atoms with Gasteiger partial charge in [-0.15, -0.1) is 0 Å². The molecule has 0 radical (unpaired) electrons. The average molecular weight is 227 g/mol. The van der Waals surface area contributed by atoms with E-state index in [0.29, 0.717) is 0 Å². The highest BCUT2D eigenvalue weighted by Crippen LogP contribution is 2.23. The third-order valence-electron chi connectivity index (χ3n) is 0.760. The summed E-state index contributed by atoms with van der Waals surface area (Å²) < 4.78 is 39.8. The van der Waals surface area contributed by atoms with Crippen LogP contribution in [0.5, 0.6) is 5.88 Å². The molecule has 0 atom stereocenters. The van der Waals surface area contributed by atoms with Crippen molar-refractivity contribution in [1.82, 2.24) is 4.98 Å². The molecule has 4 heteroatoms. The van der Waals surface area contributed by atoms with Gasteiger partial charge in [-0.3, -0.25) is 0 Å². The fraction of sp³-hybridized carbons (Fsp3) is 0.167. The van der Waals surface area contributed by atoms with E-state index in [-0.39, 0.29) is 21.7 Å². The van der Waals surface area contributed by atoms with Gasteiger partial charge in [0.25, 0.3) is 0 Å². The van der Waals surface area contributed by atoms with Crippen LogP contribution in [0.15, 0.2) is 16.7 Å². The molecule has 1 rings (SSSR count). The first-order chi connectivity index (χ1) is 6.72. The first-order valence-electron chi connectivity index (χ1n) is 4.73. The first kappa shape index (κ1) is 3.41. The molecular formula is C6H5BrClNO. The van der Waals surface area contributed by atoms with E-state index in [9.17, 15) is 0 Å². The maximum atomic E-state index is 7.43. The van der Waals surface area contributed by atoms with Crippen LogP contribution in [-0.2, 0) is 0 Å². The summed E-state index contributed by atoms with van der Waals surface area (Å²) in [7, 11) is -2.71. The lowest BCUT2D eigenvalue weighted by Gasteiger charge is -1.99. The van der Waals surface area contributed by atoms with Crippen molar-refractivity contribution >= 4 is 27.5 Å². The molecule has 10 heavy (non-hydrogen) atoms. The number of aromatic nitrogens is 1. The van der Waals surface area contributed by atoms with Gasteiger partial charge in [0.2, 0.25) is 5.88 Å². The van der Waals surface area contributed by atoms with E-state index in [1.54, 1.807) is 0 Å². The second-order valence-corrected chi connectivity index (χ2v) is 2.55.